The minimum atomic E-state index is -0.260. The molecule has 1 aliphatic heterocycles. The summed E-state index contributed by atoms with van der Waals surface area (Å²) in [4.78, 5) is 35.8. The Morgan fingerprint density at radius 2 is 1.70 bits per heavy atom. The van der Waals surface area contributed by atoms with Crippen LogP contribution in [0.2, 0.25) is 10.0 Å². The summed E-state index contributed by atoms with van der Waals surface area (Å²) in [6, 6.07) is 14.8. The molecular formula is C33H35Cl2N5O4. The summed E-state index contributed by atoms with van der Waals surface area (Å²) >= 11 is 13.6. The molecule has 0 spiro atoms. The van der Waals surface area contributed by atoms with Gasteiger partial charge in [0.2, 0.25) is 5.91 Å². The number of piperidine rings is 1. The summed E-state index contributed by atoms with van der Waals surface area (Å²) < 4.78 is 12.8. The van der Waals surface area contributed by atoms with E-state index in [1.165, 1.54) is 14.2 Å². The fraction of sp³-hybridized carbons (Fsp3) is 0.303. The second kappa shape index (κ2) is 13.7. The van der Waals surface area contributed by atoms with Gasteiger partial charge in [0.25, 0.3) is 5.56 Å². The standard InChI is InChI=1S/C33H35Cl2N5O4/c1-38(2)14-8-11-29(41)39-15-12-23(13-16-39)40-25-18-28(37-22-9-6-5-7-10-22)36-20-21(25)17-24(33(40)42)30-31(34)26(43-3)19-27(44-4)32(30)35/h5-11,17-20,23H,12-16H2,1-4H3,(H,36,37)/b11-8+. The van der Waals surface area contributed by atoms with E-state index in [0.717, 1.165) is 11.1 Å². The monoisotopic (exact) mass is 635 g/mol. The Morgan fingerprint density at radius 3 is 2.32 bits per heavy atom. The number of likely N-dealkylation sites (tertiary alicyclic amines) is 1. The van der Waals surface area contributed by atoms with Crippen LogP contribution in [0.4, 0.5) is 11.5 Å². The zero-order valence-electron chi connectivity index (χ0n) is 25.1. The predicted octanol–water partition coefficient (Wildman–Crippen LogP) is 6.41. The number of carbonyl (C=O) groups excluding carboxylic acids is 1. The van der Waals surface area contributed by atoms with Crippen LogP contribution in [0.1, 0.15) is 18.9 Å². The molecule has 1 saturated heterocycles. The number of fused-ring (bicyclic) bond motifs is 1. The van der Waals surface area contributed by atoms with Gasteiger partial charge in [-0.15, -0.1) is 0 Å². The first-order valence-electron chi connectivity index (χ1n) is 14.3. The number of rotatable bonds is 9. The Hall–Kier alpha value is -4.05. The van der Waals surface area contributed by atoms with Crippen LogP contribution in [-0.4, -0.2) is 73.2 Å². The topological polar surface area (TPSA) is 88.9 Å². The highest BCUT2D eigenvalue weighted by atomic mass is 35.5. The molecular weight excluding hydrogens is 601 g/mol. The summed E-state index contributed by atoms with van der Waals surface area (Å²) in [6.45, 7) is 1.72. The van der Waals surface area contributed by atoms with Gasteiger partial charge < -0.3 is 29.2 Å². The Labute approximate surface area is 266 Å². The number of pyridine rings is 2. The van der Waals surface area contributed by atoms with E-state index in [0.29, 0.717) is 66.4 Å². The lowest BCUT2D eigenvalue weighted by molar-refractivity contribution is -0.127. The average Bonchev–Trinajstić information content (AvgIpc) is 3.02. The quantitative estimate of drug-likeness (QED) is 0.213. The highest BCUT2D eigenvalue weighted by molar-refractivity contribution is 6.41. The van der Waals surface area contributed by atoms with Crippen LogP contribution in [0.3, 0.4) is 0 Å². The number of hydrogen-bond acceptors (Lipinski definition) is 7. The fourth-order valence-electron chi connectivity index (χ4n) is 5.45. The van der Waals surface area contributed by atoms with Crippen molar-refractivity contribution in [1.29, 1.82) is 0 Å². The van der Waals surface area contributed by atoms with Crippen molar-refractivity contribution < 1.29 is 14.3 Å². The van der Waals surface area contributed by atoms with Crippen LogP contribution in [0.25, 0.3) is 22.0 Å². The minimum absolute atomic E-state index is 0.0307. The van der Waals surface area contributed by atoms with Crippen molar-refractivity contribution in [2.75, 3.05) is 53.3 Å². The number of anilines is 2. The van der Waals surface area contributed by atoms with Gasteiger partial charge in [0.1, 0.15) is 17.3 Å². The third-order valence-electron chi connectivity index (χ3n) is 7.68. The molecule has 9 nitrogen and oxygen atoms in total. The van der Waals surface area contributed by atoms with Gasteiger partial charge in [0.05, 0.1) is 35.3 Å². The van der Waals surface area contributed by atoms with Crippen molar-refractivity contribution in [3.8, 4) is 22.6 Å². The van der Waals surface area contributed by atoms with Crippen molar-refractivity contribution in [2.45, 2.75) is 18.9 Å². The molecule has 230 valence electrons. The molecule has 0 bridgehead atoms. The molecule has 0 radical (unpaired) electrons. The zero-order valence-corrected chi connectivity index (χ0v) is 26.7. The van der Waals surface area contributed by atoms with E-state index in [9.17, 15) is 9.59 Å². The summed E-state index contributed by atoms with van der Waals surface area (Å²) in [5.74, 6) is 1.24. The van der Waals surface area contributed by atoms with Gasteiger partial charge in [0, 0.05) is 66.7 Å². The molecule has 0 aliphatic carbocycles. The summed E-state index contributed by atoms with van der Waals surface area (Å²) in [6.07, 6.45) is 6.40. The molecule has 44 heavy (non-hydrogen) atoms. The number of benzene rings is 2. The normalized spacial score (nSPS) is 14.0. The van der Waals surface area contributed by atoms with E-state index in [4.69, 9.17) is 32.7 Å². The van der Waals surface area contributed by atoms with Crippen LogP contribution in [-0.2, 0) is 4.79 Å². The van der Waals surface area contributed by atoms with E-state index in [1.54, 1.807) is 29.0 Å². The number of aromatic nitrogens is 2. The smallest absolute Gasteiger partial charge is 0.259 e. The van der Waals surface area contributed by atoms with Crippen molar-refractivity contribution in [3.05, 3.63) is 87.3 Å². The lowest BCUT2D eigenvalue weighted by atomic mass is 10.00. The molecule has 2 aromatic carbocycles. The van der Waals surface area contributed by atoms with Gasteiger partial charge in [-0.05, 0) is 45.1 Å². The van der Waals surface area contributed by atoms with Crippen LogP contribution in [0.15, 0.2) is 71.7 Å². The molecule has 2 aromatic heterocycles. The van der Waals surface area contributed by atoms with Crippen molar-refractivity contribution >= 4 is 51.5 Å². The minimum Gasteiger partial charge on any atom is -0.495 e. The number of amides is 1. The first-order valence-corrected chi connectivity index (χ1v) is 15.0. The SMILES string of the molecule is COc1cc(OC)c(Cl)c(-c2cc3cnc(Nc4ccccc4)cc3n(C3CCN(C(=O)/C=C/CN(C)C)CC3)c2=O)c1Cl. The molecule has 11 heteroatoms. The lowest BCUT2D eigenvalue weighted by Gasteiger charge is -2.33. The highest BCUT2D eigenvalue weighted by Crippen LogP contribution is 2.45. The third kappa shape index (κ3) is 6.55. The molecule has 4 aromatic rings. The predicted molar refractivity (Wildman–Crippen MR) is 177 cm³/mol. The Morgan fingerprint density at radius 1 is 1.05 bits per heavy atom. The number of carbonyl (C=O) groups is 1. The molecule has 0 saturated carbocycles. The molecule has 1 N–H and O–H groups in total. The van der Waals surface area contributed by atoms with Crippen molar-refractivity contribution in [1.82, 2.24) is 19.4 Å². The maximum atomic E-state index is 14.5. The van der Waals surface area contributed by atoms with Gasteiger partial charge in [-0.1, -0.05) is 47.5 Å². The van der Waals surface area contributed by atoms with E-state index in [1.807, 2.05) is 66.4 Å². The summed E-state index contributed by atoms with van der Waals surface area (Å²) in [5.41, 5.74) is 1.96. The molecule has 0 atom stereocenters. The first kappa shape index (κ1) is 31.4. The highest BCUT2D eigenvalue weighted by Gasteiger charge is 2.28. The van der Waals surface area contributed by atoms with Gasteiger partial charge in [-0.25, -0.2) is 4.98 Å². The molecule has 0 unspecified atom stereocenters. The number of ether oxygens (including phenoxy) is 2. The van der Waals surface area contributed by atoms with Crippen LogP contribution < -0.4 is 20.3 Å². The number of nitrogens with one attached hydrogen (secondary N) is 1. The second-order valence-electron chi connectivity index (χ2n) is 10.9. The van der Waals surface area contributed by atoms with Gasteiger partial charge >= 0.3 is 0 Å². The van der Waals surface area contributed by atoms with E-state index in [-0.39, 0.29) is 27.6 Å². The van der Waals surface area contributed by atoms with E-state index in [2.05, 4.69) is 10.3 Å². The van der Waals surface area contributed by atoms with Gasteiger partial charge in [-0.2, -0.15) is 0 Å². The van der Waals surface area contributed by atoms with Crippen LogP contribution >= 0.6 is 23.2 Å². The lowest BCUT2D eigenvalue weighted by Crippen LogP contribution is -2.40. The summed E-state index contributed by atoms with van der Waals surface area (Å²) in [7, 11) is 6.89. The maximum absolute atomic E-state index is 14.5. The molecule has 1 fully saturated rings. The molecule has 1 aliphatic rings. The molecule has 1 amide bonds. The van der Waals surface area contributed by atoms with Crippen LogP contribution in [0.5, 0.6) is 11.5 Å². The number of methoxy groups -OCH3 is 2. The van der Waals surface area contributed by atoms with E-state index < -0.39 is 0 Å². The van der Waals surface area contributed by atoms with Gasteiger partial charge in [0.15, 0.2) is 0 Å². The zero-order chi connectivity index (χ0) is 31.4. The third-order valence-corrected chi connectivity index (χ3v) is 8.43. The first-order chi connectivity index (χ1) is 21.2. The molecule has 5 rings (SSSR count). The van der Waals surface area contributed by atoms with Crippen molar-refractivity contribution in [3.63, 3.8) is 0 Å². The Balaban J connectivity index is 1.61. The Kier molecular flexibility index (Phi) is 9.78. The molecule has 3 heterocycles. The largest absolute Gasteiger partial charge is 0.495 e. The van der Waals surface area contributed by atoms with E-state index >= 15 is 0 Å². The Bertz CT molecular complexity index is 1720. The number of hydrogen-bond donors (Lipinski definition) is 1. The average molecular weight is 637 g/mol. The van der Waals surface area contributed by atoms with Crippen LogP contribution in [0, 0.1) is 0 Å². The fourth-order valence-corrected chi connectivity index (χ4v) is 6.15. The van der Waals surface area contributed by atoms with Crippen molar-refractivity contribution in [2.24, 2.45) is 0 Å². The number of halogens is 2. The van der Waals surface area contributed by atoms with Gasteiger partial charge in [-0.3, -0.25) is 9.59 Å². The number of nitrogens with zero attached hydrogens (tertiary/aromatic N) is 4. The second-order valence-corrected chi connectivity index (χ2v) is 11.6. The maximum Gasteiger partial charge on any atom is 0.259 e. The number of likely N-dealkylation sites (N-methyl/N-ethyl adjacent to an activating group) is 1. The number of para-hydroxylation sites is 1. The summed E-state index contributed by atoms with van der Waals surface area (Å²) in [5, 5.41) is 4.48.